The summed E-state index contributed by atoms with van der Waals surface area (Å²) < 4.78 is 22.0. The van der Waals surface area contributed by atoms with Gasteiger partial charge in [-0.3, -0.25) is 10.1 Å². The molecule has 1 rings (SSSR count). The summed E-state index contributed by atoms with van der Waals surface area (Å²) in [7, 11) is 0.763. The van der Waals surface area contributed by atoms with Gasteiger partial charge in [0.05, 0.1) is 16.6 Å². The van der Waals surface area contributed by atoms with Crippen molar-refractivity contribution in [2.75, 3.05) is 0 Å². The van der Waals surface area contributed by atoms with Crippen molar-refractivity contribution in [2.24, 2.45) is 0 Å². The van der Waals surface area contributed by atoms with Gasteiger partial charge in [-0.1, -0.05) is 0 Å². The SMILES string of the molecule is N#Cc1ccc([N+](=O)[O-])c(S(=O)(=O)Cl)c1. The number of nitriles is 1. The van der Waals surface area contributed by atoms with Crippen molar-refractivity contribution in [2.45, 2.75) is 4.90 Å². The molecule has 0 unspecified atom stereocenters. The molecule has 0 saturated carbocycles. The van der Waals surface area contributed by atoms with Crippen LogP contribution in [0.2, 0.25) is 0 Å². The maximum Gasteiger partial charge on any atom is 0.289 e. The summed E-state index contributed by atoms with van der Waals surface area (Å²) >= 11 is 0. The lowest BCUT2D eigenvalue weighted by Crippen LogP contribution is -1.99. The summed E-state index contributed by atoms with van der Waals surface area (Å²) in [4.78, 5) is 8.92. The molecule has 0 radical (unpaired) electrons. The van der Waals surface area contributed by atoms with Gasteiger partial charge in [0.2, 0.25) is 0 Å². The molecule has 0 spiro atoms. The van der Waals surface area contributed by atoms with Crippen LogP contribution in [0.5, 0.6) is 0 Å². The van der Waals surface area contributed by atoms with E-state index < -0.39 is 24.6 Å². The molecule has 6 nitrogen and oxygen atoms in total. The van der Waals surface area contributed by atoms with Crippen molar-refractivity contribution in [3.63, 3.8) is 0 Å². The number of nitrogens with zero attached hydrogens (tertiary/aromatic N) is 2. The van der Waals surface area contributed by atoms with Crippen LogP contribution in [-0.4, -0.2) is 13.3 Å². The van der Waals surface area contributed by atoms with Crippen LogP contribution in [0.15, 0.2) is 23.1 Å². The van der Waals surface area contributed by atoms with E-state index in [0.717, 1.165) is 18.2 Å². The van der Waals surface area contributed by atoms with E-state index in [1.807, 2.05) is 0 Å². The fourth-order valence-corrected chi connectivity index (χ4v) is 1.96. The average molecular weight is 247 g/mol. The van der Waals surface area contributed by atoms with E-state index in [2.05, 4.69) is 0 Å². The standard InChI is InChI=1S/C7H3ClN2O4S/c8-15(13,14)7-3-5(4-9)1-2-6(7)10(11)12/h1-3H. The number of nitro benzene ring substituents is 1. The Kier molecular flexibility index (Phi) is 2.93. The zero-order chi connectivity index (χ0) is 11.6. The van der Waals surface area contributed by atoms with E-state index in [4.69, 9.17) is 15.9 Å². The molecule has 0 heterocycles. The minimum absolute atomic E-state index is 0.0141. The molecule has 8 heteroatoms. The summed E-state index contributed by atoms with van der Waals surface area (Å²) in [6, 6.07) is 4.59. The maximum absolute atomic E-state index is 11.0. The molecule has 0 amide bonds. The topological polar surface area (TPSA) is 101 Å². The van der Waals surface area contributed by atoms with Crippen molar-refractivity contribution in [1.82, 2.24) is 0 Å². The minimum Gasteiger partial charge on any atom is -0.258 e. The van der Waals surface area contributed by atoms with Gasteiger partial charge in [0.1, 0.15) is 0 Å². The molecule has 1 aromatic carbocycles. The smallest absolute Gasteiger partial charge is 0.258 e. The first-order valence-electron chi connectivity index (χ1n) is 3.49. The molecular formula is C7H3ClN2O4S. The number of nitro groups is 1. The first-order chi connectivity index (χ1) is 6.86. The second-order valence-corrected chi connectivity index (χ2v) is 5.02. The molecule has 0 aromatic heterocycles. The third-order valence-corrected chi connectivity index (χ3v) is 2.90. The first-order valence-corrected chi connectivity index (χ1v) is 5.80. The largest absolute Gasteiger partial charge is 0.289 e. The van der Waals surface area contributed by atoms with Gasteiger partial charge < -0.3 is 0 Å². The molecule has 1 aromatic rings. The average Bonchev–Trinajstić information content (AvgIpc) is 2.15. The molecule has 0 aliphatic heterocycles. The molecule has 0 fully saturated rings. The van der Waals surface area contributed by atoms with Gasteiger partial charge in [-0.25, -0.2) is 8.42 Å². The van der Waals surface area contributed by atoms with Crippen LogP contribution < -0.4 is 0 Å². The number of hydrogen-bond donors (Lipinski definition) is 0. The van der Waals surface area contributed by atoms with Crippen molar-refractivity contribution < 1.29 is 13.3 Å². The van der Waals surface area contributed by atoms with Crippen LogP contribution >= 0.6 is 10.7 Å². The highest BCUT2D eigenvalue weighted by molar-refractivity contribution is 8.13. The second-order valence-electron chi connectivity index (χ2n) is 2.49. The van der Waals surface area contributed by atoms with Crippen LogP contribution in [0.1, 0.15) is 5.56 Å². The Labute approximate surface area is 89.3 Å². The summed E-state index contributed by atoms with van der Waals surface area (Å²) in [6.45, 7) is 0. The maximum atomic E-state index is 11.0. The Morgan fingerprint density at radius 1 is 1.47 bits per heavy atom. The zero-order valence-corrected chi connectivity index (χ0v) is 8.62. The van der Waals surface area contributed by atoms with Crippen molar-refractivity contribution >= 4 is 25.4 Å². The Balaban J connectivity index is 3.59. The molecule has 78 valence electrons. The predicted octanol–water partition coefficient (Wildman–Crippen LogP) is 1.39. The van der Waals surface area contributed by atoms with E-state index >= 15 is 0 Å². The lowest BCUT2D eigenvalue weighted by molar-refractivity contribution is -0.387. The molecule has 0 atom stereocenters. The van der Waals surface area contributed by atoms with E-state index in [1.165, 1.54) is 0 Å². The van der Waals surface area contributed by atoms with Crippen LogP contribution in [-0.2, 0) is 9.05 Å². The summed E-state index contributed by atoms with van der Waals surface area (Å²) in [5.41, 5.74) is -0.663. The summed E-state index contributed by atoms with van der Waals surface area (Å²) in [5, 5.41) is 19.0. The van der Waals surface area contributed by atoms with Gasteiger partial charge in [-0.15, -0.1) is 0 Å². The third kappa shape index (κ3) is 2.43. The van der Waals surface area contributed by atoms with Crippen LogP contribution in [0, 0.1) is 21.4 Å². The lowest BCUT2D eigenvalue weighted by Gasteiger charge is -1.98. The second kappa shape index (κ2) is 3.84. The molecule has 0 saturated heterocycles. The normalized spacial score (nSPS) is 10.7. The van der Waals surface area contributed by atoms with Gasteiger partial charge >= 0.3 is 0 Å². The fourth-order valence-electron chi connectivity index (χ4n) is 0.930. The third-order valence-electron chi connectivity index (χ3n) is 1.55. The van der Waals surface area contributed by atoms with Crippen LogP contribution in [0.4, 0.5) is 5.69 Å². The lowest BCUT2D eigenvalue weighted by atomic mass is 10.2. The number of rotatable bonds is 2. The van der Waals surface area contributed by atoms with Gasteiger partial charge in [-0.2, -0.15) is 5.26 Å². The van der Waals surface area contributed by atoms with Gasteiger partial charge in [0.25, 0.3) is 14.7 Å². The Morgan fingerprint density at radius 3 is 2.47 bits per heavy atom. The molecule has 0 bridgehead atoms. The van der Waals surface area contributed by atoms with E-state index in [1.54, 1.807) is 6.07 Å². The number of benzene rings is 1. The highest BCUT2D eigenvalue weighted by Gasteiger charge is 2.24. The van der Waals surface area contributed by atoms with Gasteiger partial charge in [0, 0.05) is 16.7 Å². The highest BCUT2D eigenvalue weighted by atomic mass is 35.7. The zero-order valence-electron chi connectivity index (χ0n) is 7.05. The van der Waals surface area contributed by atoms with Crippen LogP contribution in [0.3, 0.4) is 0 Å². The monoisotopic (exact) mass is 246 g/mol. The van der Waals surface area contributed by atoms with Crippen molar-refractivity contribution in [3.05, 3.63) is 33.9 Å². The van der Waals surface area contributed by atoms with E-state index in [9.17, 15) is 18.5 Å². The summed E-state index contributed by atoms with van der Waals surface area (Å²) in [6.07, 6.45) is 0. The first kappa shape index (κ1) is 11.4. The minimum atomic E-state index is -4.23. The van der Waals surface area contributed by atoms with E-state index in [0.29, 0.717) is 0 Å². The molecule has 0 aliphatic rings. The van der Waals surface area contributed by atoms with Crippen molar-refractivity contribution in [3.8, 4) is 6.07 Å². The van der Waals surface area contributed by atoms with Gasteiger partial charge in [0.15, 0.2) is 4.90 Å². The number of hydrogen-bond acceptors (Lipinski definition) is 5. The van der Waals surface area contributed by atoms with Gasteiger partial charge in [-0.05, 0) is 12.1 Å². The molecular weight excluding hydrogens is 244 g/mol. The van der Waals surface area contributed by atoms with E-state index in [-0.39, 0.29) is 5.56 Å². The highest BCUT2D eigenvalue weighted by Crippen LogP contribution is 2.27. The summed E-state index contributed by atoms with van der Waals surface area (Å²) in [5.74, 6) is 0. The van der Waals surface area contributed by atoms with Crippen molar-refractivity contribution in [1.29, 1.82) is 5.26 Å². The molecule has 0 aliphatic carbocycles. The Morgan fingerprint density at radius 2 is 2.07 bits per heavy atom. The Bertz CT molecular complexity index is 561. The fraction of sp³-hybridized carbons (Fsp3) is 0. The molecule has 15 heavy (non-hydrogen) atoms. The predicted molar refractivity (Wildman–Crippen MR) is 50.9 cm³/mol. The molecule has 0 N–H and O–H groups in total. The Hall–Kier alpha value is -1.65. The quantitative estimate of drug-likeness (QED) is 0.446. The van der Waals surface area contributed by atoms with Crippen LogP contribution in [0.25, 0.3) is 0 Å². The number of halogens is 1.